The molecule has 0 spiro atoms. The van der Waals surface area contributed by atoms with E-state index in [1.54, 1.807) is 23.7 Å². The van der Waals surface area contributed by atoms with E-state index in [0.717, 1.165) is 24.4 Å². The summed E-state index contributed by atoms with van der Waals surface area (Å²) in [4.78, 5) is 8.55. The first-order chi connectivity index (χ1) is 11.2. The lowest BCUT2D eigenvalue weighted by Gasteiger charge is -2.14. The summed E-state index contributed by atoms with van der Waals surface area (Å²) in [5, 5.41) is 19.1. The van der Waals surface area contributed by atoms with Gasteiger partial charge in [-0.25, -0.2) is 0 Å². The molecule has 0 unspecified atom stereocenters. The Morgan fingerprint density at radius 2 is 2.04 bits per heavy atom. The van der Waals surface area contributed by atoms with E-state index in [4.69, 9.17) is 5.11 Å². The highest BCUT2D eigenvalue weighted by Crippen LogP contribution is 2.25. The molecule has 2 N–H and O–H groups in total. The van der Waals surface area contributed by atoms with Crippen LogP contribution in [-0.4, -0.2) is 45.9 Å². The highest BCUT2D eigenvalue weighted by atomic mass is 32.1. The zero-order chi connectivity index (χ0) is 16.1. The van der Waals surface area contributed by atoms with Crippen molar-refractivity contribution in [1.82, 2.24) is 9.88 Å². The fourth-order valence-corrected chi connectivity index (χ4v) is 3.89. The number of pyridine rings is 1. The predicted octanol–water partition coefficient (Wildman–Crippen LogP) is 1.52. The van der Waals surface area contributed by atoms with Crippen LogP contribution < -0.4 is 0 Å². The summed E-state index contributed by atoms with van der Waals surface area (Å²) in [5.41, 5.74) is 1.23. The SMILES string of the molecule is OCC#Cc1ccc(CN2C[C@@H](Cc3ccncc3)[C@H](O)C2)s1. The van der Waals surface area contributed by atoms with E-state index >= 15 is 0 Å². The van der Waals surface area contributed by atoms with Gasteiger partial charge in [0.1, 0.15) is 6.61 Å². The van der Waals surface area contributed by atoms with Crippen molar-refractivity contribution in [2.75, 3.05) is 19.7 Å². The van der Waals surface area contributed by atoms with Gasteiger partial charge >= 0.3 is 0 Å². The third kappa shape index (κ3) is 4.40. The molecule has 2 aromatic heterocycles. The minimum atomic E-state index is -0.281. The number of β-amino-alcohol motifs (C(OH)–C–C–N with tert-alkyl or cyclic N) is 1. The van der Waals surface area contributed by atoms with Gasteiger partial charge in [-0.15, -0.1) is 11.3 Å². The number of likely N-dealkylation sites (tertiary alicyclic amines) is 1. The van der Waals surface area contributed by atoms with Crippen molar-refractivity contribution in [3.63, 3.8) is 0 Å². The van der Waals surface area contributed by atoms with Crippen molar-refractivity contribution in [3.05, 3.63) is 52.0 Å². The Balaban J connectivity index is 1.57. The summed E-state index contributed by atoms with van der Waals surface area (Å²) >= 11 is 1.65. The smallest absolute Gasteiger partial charge is 0.104 e. The quantitative estimate of drug-likeness (QED) is 0.836. The number of thiophene rings is 1. The van der Waals surface area contributed by atoms with Gasteiger partial charge in [0, 0.05) is 42.8 Å². The first-order valence-electron chi connectivity index (χ1n) is 7.72. The molecule has 3 heterocycles. The summed E-state index contributed by atoms with van der Waals surface area (Å²) in [6.45, 7) is 2.35. The van der Waals surface area contributed by atoms with Crippen LogP contribution in [0.25, 0.3) is 0 Å². The third-order valence-electron chi connectivity index (χ3n) is 4.06. The average Bonchev–Trinajstić information content (AvgIpc) is 3.14. The molecule has 0 bridgehead atoms. The van der Waals surface area contributed by atoms with Crippen LogP contribution in [0.2, 0.25) is 0 Å². The van der Waals surface area contributed by atoms with Crippen molar-refractivity contribution in [2.45, 2.75) is 19.1 Å². The number of aliphatic hydroxyl groups is 2. The molecule has 2 aromatic rings. The van der Waals surface area contributed by atoms with Gasteiger partial charge in [-0.3, -0.25) is 9.88 Å². The molecule has 2 atom stereocenters. The van der Waals surface area contributed by atoms with Crippen LogP contribution in [0.5, 0.6) is 0 Å². The van der Waals surface area contributed by atoms with Crippen LogP contribution in [-0.2, 0) is 13.0 Å². The minimum absolute atomic E-state index is 0.109. The Hall–Kier alpha value is -1.71. The maximum atomic E-state index is 10.3. The molecule has 120 valence electrons. The Bertz CT molecular complexity index is 690. The lowest BCUT2D eigenvalue weighted by Crippen LogP contribution is -2.20. The van der Waals surface area contributed by atoms with Crippen molar-refractivity contribution in [2.24, 2.45) is 5.92 Å². The summed E-state index contributed by atoms with van der Waals surface area (Å²) in [5.74, 6) is 5.87. The molecule has 5 heteroatoms. The van der Waals surface area contributed by atoms with E-state index in [9.17, 15) is 5.11 Å². The fraction of sp³-hybridized carbons (Fsp3) is 0.389. The van der Waals surface area contributed by atoms with Gasteiger partial charge < -0.3 is 10.2 Å². The van der Waals surface area contributed by atoms with Crippen LogP contribution in [0.1, 0.15) is 15.3 Å². The highest BCUT2D eigenvalue weighted by Gasteiger charge is 2.31. The molecular formula is C18H20N2O2S. The number of nitrogens with zero attached hydrogens (tertiary/aromatic N) is 2. The van der Waals surface area contributed by atoms with Crippen LogP contribution in [0.15, 0.2) is 36.7 Å². The first-order valence-corrected chi connectivity index (χ1v) is 8.54. The van der Waals surface area contributed by atoms with Gasteiger partial charge in [-0.1, -0.05) is 11.8 Å². The second-order valence-electron chi connectivity index (χ2n) is 5.81. The predicted molar refractivity (Wildman–Crippen MR) is 91.0 cm³/mol. The van der Waals surface area contributed by atoms with Crippen molar-refractivity contribution < 1.29 is 10.2 Å². The molecular weight excluding hydrogens is 308 g/mol. The third-order valence-corrected chi connectivity index (χ3v) is 5.05. The van der Waals surface area contributed by atoms with Crippen LogP contribution >= 0.6 is 11.3 Å². The van der Waals surface area contributed by atoms with Gasteiger partial charge in [-0.2, -0.15) is 0 Å². The highest BCUT2D eigenvalue weighted by molar-refractivity contribution is 7.12. The fourth-order valence-electron chi connectivity index (χ4n) is 2.97. The average molecular weight is 328 g/mol. The molecule has 4 nitrogen and oxygen atoms in total. The van der Waals surface area contributed by atoms with Gasteiger partial charge in [-0.05, 0) is 36.2 Å². The second kappa shape index (κ2) is 7.71. The zero-order valence-electron chi connectivity index (χ0n) is 12.9. The lowest BCUT2D eigenvalue weighted by atomic mass is 9.97. The van der Waals surface area contributed by atoms with Gasteiger partial charge in [0.25, 0.3) is 0 Å². The molecule has 3 rings (SSSR count). The van der Waals surface area contributed by atoms with Gasteiger partial charge in [0.05, 0.1) is 11.0 Å². The monoisotopic (exact) mass is 328 g/mol. The van der Waals surface area contributed by atoms with E-state index in [1.165, 1.54) is 10.4 Å². The molecule has 0 saturated carbocycles. The van der Waals surface area contributed by atoms with Gasteiger partial charge in [0.15, 0.2) is 0 Å². The van der Waals surface area contributed by atoms with Gasteiger partial charge in [0.2, 0.25) is 0 Å². The second-order valence-corrected chi connectivity index (χ2v) is 6.98. The van der Waals surface area contributed by atoms with E-state index in [1.807, 2.05) is 18.2 Å². The summed E-state index contributed by atoms with van der Waals surface area (Å²) in [6, 6.07) is 8.10. The van der Waals surface area contributed by atoms with Crippen LogP contribution in [0, 0.1) is 17.8 Å². The molecule has 1 saturated heterocycles. The van der Waals surface area contributed by atoms with E-state index in [-0.39, 0.29) is 18.6 Å². The Kier molecular flexibility index (Phi) is 5.42. The van der Waals surface area contributed by atoms with Crippen molar-refractivity contribution in [1.29, 1.82) is 0 Å². The number of rotatable bonds is 4. The number of aromatic nitrogens is 1. The molecule has 1 aliphatic rings. The molecule has 0 aliphatic carbocycles. The normalized spacial score (nSPS) is 21.1. The Labute approximate surface area is 140 Å². The van der Waals surface area contributed by atoms with Crippen molar-refractivity contribution >= 4 is 11.3 Å². The lowest BCUT2D eigenvalue weighted by molar-refractivity contribution is 0.141. The summed E-state index contributed by atoms with van der Waals surface area (Å²) < 4.78 is 0. The molecule has 23 heavy (non-hydrogen) atoms. The first kappa shape index (κ1) is 16.2. The minimum Gasteiger partial charge on any atom is -0.391 e. The number of hydrogen-bond donors (Lipinski definition) is 2. The van der Waals surface area contributed by atoms with Crippen LogP contribution in [0.4, 0.5) is 0 Å². The van der Waals surface area contributed by atoms with Crippen molar-refractivity contribution in [3.8, 4) is 11.8 Å². The molecule has 1 aliphatic heterocycles. The largest absolute Gasteiger partial charge is 0.391 e. The Morgan fingerprint density at radius 3 is 2.83 bits per heavy atom. The topological polar surface area (TPSA) is 56.6 Å². The summed E-state index contributed by atoms with van der Waals surface area (Å²) in [6.07, 6.45) is 4.21. The van der Waals surface area contributed by atoms with Crippen LogP contribution in [0.3, 0.4) is 0 Å². The molecule has 0 aromatic carbocycles. The maximum Gasteiger partial charge on any atom is 0.104 e. The van der Waals surface area contributed by atoms with E-state index in [0.29, 0.717) is 6.54 Å². The molecule has 0 amide bonds. The molecule has 0 radical (unpaired) electrons. The maximum absolute atomic E-state index is 10.3. The summed E-state index contributed by atoms with van der Waals surface area (Å²) in [7, 11) is 0. The number of hydrogen-bond acceptors (Lipinski definition) is 5. The van der Waals surface area contributed by atoms with E-state index < -0.39 is 0 Å². The zero-order valence-corrected chi connectivity index (χ0v) is 13.7. The number of aliphatic hydroxyl groups excluding tert-OH is 2. The van der Waals surface area contributed by atoms with E-state index in [2.05, 4.69) is 27.8 Å². The molecule has 1 fully saturated rings. The standard InChI is InChI=1S/C18H20N2O2S/c21-9-1-2-16-3-4-17(23-16)12-20-11-15(18(22)13-20)10-14-5-7-19-8-6-14/h3-8,15,18,21-22H,9-13H2/t15-,18-/m1/s1. The Morgan fingerprint density at radius 1 is 1.22 bits per heavy atom.